The Morgan fingerprint density at radius 3 is 1.74 bits per heavy atom. The zero-order chi connectivity index (χ0) is 36.3. The van der Waals surface area contributed by atoms with Crippen LogP contribution >= 0.6 is 12.6 Å². The lowest BCUT2D eigenvalue weighted by Gasteiger charge is -2.21. The molecular formula is C36H14F12OS. The molecule has 0 radical (unpaired) electrons. The predicted molar refractivity (Wildman–Crippen MR) is 163 cm³/mol. The van der Waals surface area contributed by atoms with Gasteiger partial charge in [0.05, 0.1) is 16.3 Å². The lowest BCUT2D eigenvalue weighted by atomic mass is 9.98. The Morgan fingerprint density at radius 2 is 1.12 bits per heavy atom. The number of rotatable bonds is 5. The summed E-state index contributed by atoms with van der Waals surface area (Å²) in [5.74, 6) is -10.2. The zero-order valence-electron chi connectivity index (χ0n) is 24.4. The molecule has 0 spiro atoms. The maximum atomic E-state index is 15.4. The summed E-state index contributed by atoms with van der Waals surface area (Å²) in [6.45, 7) is 0. The molecule has 14 heteroatoms. The first-order valence-electron chi connectivity index (χ1n) is 13.9. The van der Waals surface area contributed by atoms with Crippen molar-refractivity contribution in [2.75, 3.05) is 0 Å². The van der Waals surface area contributed by atoms with Crippen molar-refractivity contribution in [3.63, 3.8) is 0 Å². The van der Waals surface area contributed by atoms with E-state index in [1.807, 2.05) is 0 Å². The number of hydrogen-bond donors (Lipinski definition) is 1. The van der Waals surface area contributed by atoms with Crippen molar-refractivity contribution in [1.29, 1.82) is 0 Å². The maximum absolute atomic E-state index is 15.4. The number of benzene rings is 6. The molecule has 0 bridgehead atoms. The molecule has 6 aromatic rings. The first kappa shape index (κ1) is 34.6. The number of hydrogen-bond acceptors (Lipinski definition) is 2. The van der Waals surface area contributed by atoms with Crippen LogP contribution in [-0.2, 0) is 6.11 Å². The minimum Gasteiger partial charge on any atom is -0.429 e. The average Bonchev–Trinajstić information content (AvgIpc) is 2.99. The number of thiol groups is 1. The Kier molecular flexibility index (Phi) is 8.68. The van der Waals surface area contributed by atoms with Gasteiger partial charge in [-0.05, 0) is 88.1 Å². The molecule has 0 N–H and O–H groups in total. The van der Waals surface area contributed by atoms with Crippen LogP contribution in [0.25, 0.3) is 43.8 Å². The van der Waals surface area contributed by atoms with E-state index in [2.05, 4.69) is 17.4 Å². The molecule has 0 amide bonds. The predicted octanol–water partition coefficient (Wildman–Crippen LogP) is 11.6. The van der Waals surface area contributed by atoms with Crippen molar-refractivity contribution in [3.05, 3.63) is 131 Å². The van der Waals surface area contributed by atoms with Gasteiger partial charge < -0.3 is 4.74 Å². The van der Waals surface area contributed by atoms with Gasteiger partial charge in [0, 0.05) is 22.4 Å². The van der Waals surface area contributed by atoms with Gasteiger partial charge in [0.1, 0.15) is 46.2 Å². The van der Waals surface area contributed by atoms with E-state index in [0.29, 0.717) is 46.7 Å². The molecular weight excluding hydrogens is 708 g/mol. The quantitative estimate of drug-likeness (QED) is 0.106. The Hall–Kier alpha value is -5.29. The van der Waals surface area contributed by atoms with E-state index in [1.54, 1.807) is 24.3 Å². The maximum Gasteiger partial charge on any atom is 0.458 e. The van der Waals surface area contributed by atoms with Crippen LogP contribution in [0.3, 0.4) is 0 Å². The molecule has 0 atom stereocenters. The normalized spacial score (nSPS) is 11.9. The zero-order valence-corrected chi connectivity index (χ0v) is 25.3. The van der Waals surface area contributed by atoms with Gasteiger partial charge >= 0.3 is 12.3 Å². The standard InChI is InChI=1S/C36H14F12OS/c37-25-13-20-10-18(12-28(40)30(20)33(42)24(25)7-8-35(44,45)46)23-6-3-21(15-26(23)38)49-36(47,48)32-29(41)14-19-9-17(11-27(39)31(19)34(32)43)16-1-4-22(50)5-2-16/h1-6,9-15,50H. The number of alkyl halides is 5. The lowest BCUT2D eigenvalue weighted by molar-refractivity contribution is -0.189. The summed E-state index contributed by atoms with van der Waals surface area (Å²) in [6, 6.07) is 12.6. The fraction of sp³-hybridized carbons (Fsp3) is 0.0556. The molecule has 0 saturated carbocycles. The van der Waals surface area contributed by atoms with Gasteiger partial charge in [0.2, 0.25) is 0 Å². The summed E-state index contributed by atoms with van der Waals surface area (Å²) in [6.07, 6.45) is -9.94. The fourth-order valence-electron chi connectivity index (χ4n) is 5.31. The second-order valence-electron chi connectivity index (χ2n) is 10.8. The van der Waals surface area contributed by atoms with E-state index >= 15 is 26.3 Å². The van der Waals surface area contributed by atoms with Crippen LogP contribution in [0.5, 0.6) is 5.75 Å². The summed E-state index contributed by atoms with van der Waals surface area (Å²) >= 11 is 4.15. The van der Waals surface area contributed by atoms with Gasteiger partial charge in [-0.15, -0.1) is 12.6 Å². The van der Waals surface area contributed by atoms with Crippen LogP contribution in [0.1, 0.15) is 11.1 Å². The Bertz CT molecular complexity index is 2410. The van der Waals surface area contributed by atoms with Crippen molar-refractivity contribution in [1.82, 2.24) is 0 Å². The largest absolute Gasteiger partial charge is 0.458 e. The van der Waals surface area contributed by atoms with Gasteiger partial charge in [-0.1, -0.05) is 18.1 Å². The molecule has 0 aliphatic heterocycles. The van der Waals surface area contributed by atoms with Crippen molar-refractivity contribution in [3.8, 4) is 39.8 Å². The van der Waals surface area contributed by atoms with Crippen molar-refractivity contribution in [2.24, 2.45) is 0 Å². The summed E-state index contributed by atoms with van der Waals surface area (Å²) in [7, 11) is 0. The smallest absolute Gasteiger partial charge is 0.429 e. The summed E-state index contributed by atoms with van der Waals surface area (Å²) in [5.41, 5.74) is -3.60. The summed E-state index contributed by atoms with van der Waals surface area (Å²) < 4.78 is 177. The molecule has 0 fully saturated rings. The number of fused-ring (bicyclic) bond motifs is 2. The van der Waals surface area contributed by atoms with Crippen LogP contribution in [0.2, 0.25) is 0 Å². The topological polar surface area (TPSA) is 9.23 Å². The van der Waals surface area contributed by atoms with Crippen LogP contribution in [0.15, 0.2) is 83.8 Å². The minimum atomic E-state index is -5.10. The Balaban J connectivity index is 1.33. The highest BCUT2D eigenvalue weighted by Gasteiger charge is 2.42. The SMILES string of the molecule is Fc1cc(OC(F)(F)c2c(F)cc3cc(-c4ccc(S)cc4)cc(F)c3c2F)ccc1-c1cc(F)c2c(F)c(C#CC(F)(F)F)c(F)cc2c1. The van der Waals surface area contributed by atoms with Crippen LogP contribution < -0.4 is 4.74 Å². The van der Waals surface area contributed by atoms with E-state index in [1.165, 1.54) is 12.0 Å². The molecule has 0 heterocycles. The third kappa shape index (κ3) is 6.53. The highest BCUT2D eigenvalue weighted by atomic mass is 32.1. The lowest BCUT2D eigenvalue weighted by Crippen LogP contribution is -2.25. The highest BCUT2D eigenvalue weighted by molar-refractivity contribution is 7.80. The van der Waals surface area contributed by atoms with Crippen molar-refractivity contribution < 1.29 is 57.4 Å². The van der Waals surface area contributed by atoms with Gasteiger partial charge in [-0.2, -0.15) is 22.0 Å². The fourth-order valence-corrected chi connectivity index (χ4v) is 5.46. The molecule has 0 saturated heterocycles. The average molecular weight is 723 g/mol. The molecule has 6 aromatic carbocycles. The summed E-state index contributed by atoms with van der Waals surface area (Å²) in [4.78, 5) is 0.585. The van der Waals surface area contributed by atoms with Crippen molar-refractivity contribution >= 4 is 34.2 Å². The molecule has 0 aromatic heterocycles. The van der Waals surface area contributed by atoms with Crippen LogP contribution in [-0.4, -0.2) is 6.18 Å². The molecule has 1 nitrogen and oxygen atoms in total. The molecule has 254 valence electrons. The number of ether oxygens (including phenoxy) is 1. The van der Waals surface area contributed by atoms with Crippen LogP contribution in [0, 0.1) is 52.6 Å². The monoisotopic (exact) mass is 722 g/mol. The van der Waals surface area contributed by atoms with Gasteiger partial charge in [-0.3, -0.25) is 0 Å². The van der Waals surface area contributed by atoms with E-state index in [9.17, 15) is 26.3 Å². The Labute approximate surface area is 279 Å². The molecule has 6 rings (SSSR count). The van der Waals surface area contributed by atoms with E-state index < -0.39 is 91.6 Å². The first-order chi connectivity index (χ1) is 23.4. The van der Waals surface area contributed by atoms with Crippen molar-refractivity contribution in [2.45, 2.75) is 17.2 Å². The van der Waals surface area contributed by atoms with E-state index in [-0.39, 0.29) is 16.5 Å². The highest BCUT2D eigenvalue weighted by Crippen LogP contribution is 2.41. The third-order valence-electron chi connectivity index (χ3n) is 7.48. The van der Waals surface area contributed by atoms with Gasteiger partial charge in [0.15, 0.2) is 5.82 Å². The molecule has 0 aliphatic rings. The van der Waals surface area contributed by atoms with Gasteiger partial charge in [-0.25, -0.2) is 30.7 Å². The molecule has 0 aliphatic carbocycles. The minimum absolute atomic E-state index is 0.190. The second-order valence-corrected chi connectivity index (χ2v) is 11.3. The Morgan fingerprint density at radius 1 is 0.540 bits per heavy atom. The second kappa shape index (κ2) is 12.5. The molecule has 0 unspecified atom stereocenters. The third-order valence-corrected chi connectivity index (χ3v) is 7.78. The van der Waals surface area contributed by atoms with Crippen LogP contribution in [0.4, 0.5) is 52.7 Å². The number of halogens is 12. The first-order valence-corrected chi connectivity index (χ1v) is 14.4. The van der Waals surface area contributed by atoms with Gasteiger partial charge in [0.25, 0.3) is 0 Å². The molecule has 50 heavy (non-hydrogen) atoms. The van der Waals surface area contributed by atoms with E-state index in [0.717, 1.165) is 18.2 Å². The summed E-state index contributed by atoms with van der Waals surface area (Å²) in [5, 5.41) is -2.85. The van der Waals surface area contributed by atoms with E-state index in [4.69, 9.17) is 0 Å².